The second-order valence-corrected chi connectivity index (χ2v) is 4.09. The van der Waals surface area contributed by atoms with Crippen molar-refractivity contribution in [3.05, 3.63) is 35.9 Å². The van der Waals surface area contributed by atoms with Crippen LogP contribution in [0.15, 0.2) is 30.3 Å². The van der Waals surface area contributed by atoms with Gasteiger partial charge in [0.15, 0.2) is 0 Å². The summed E-state index contributed by atoms with van der Waals surface area (Å²) < 4.78 is 29.2. The summed E-state index contributed by atoms with van der Waals surface area (Å²) in [5.74, 6) is -0.211. The summed E-state index contributed by atoms with van der Waals surface area (Å²) in [5, 5.41) is 0. The maximum Gasteiger partial charge on any atom is 0.265 e. The molecule has 0 bridgehead atoms. The van der Waals surface area contributed by atoms with E-state index in [-0.39, 0.29) is 18.2 Å². The van der Waals surface area contributed by atoms with Gasteiger partial charge in [0, 0.05) is 0 Å². The van der Waals surface area contributed by atoms with E-state index in [0.29, 0.717) is 6.42 Å². The molecule has 1 N–H and O–H groups in total. The van der Waals surface area contributed by atoms with Crippen molar-refractivity contribution in [3.8, 4) is 0 Å². The van der Waals surface area contributed by atoms with Crippen LogP contribution in [0.2, 0.25) is 0 Å². The minimum Gasteiger partial charge on any atom is -0.286 e. The van der Waals surface area contributed by atoms with Crippen LogP contribution >= 0.6 is 12.4 Å². The molecule has 0 amide bonds. The average molecular weight is 223 g/mol. The minimum atomic E-state index is -3.82. The molecule has 0 aliphatic heterocycles. The van der Waals surface area contributed by atoms with E-state index in [1.54, 1.807) is 0 Å². The molecule has 1 aromatic carbocycles. The van der Waals surface area contributed by atoms with Gasteiger partial charge in [0.2, 0.25) is 0 Å². The highest BCUT2D eigenvalue weighted by Gasteiger charge is 2.03. The molecule has 1 rings (SSSR count). The Morgan fingerprint density at radius 1 is 1.15 bits per heavy atom. The van der Waals surface area contributed by atoms with Gasteiger partial charge in [0.25, 0.3) is 10.1 Å². The highest BCUT2D eigenvalue weighted by molar-refractivity contribution is 7.85. The number of hydrogen-bond donors (Lipinski definition) is 1. The Hall–Kier alpha value is -0.580. The van der Waals surface area contributed by atoms with Crippen LogP contribution in [0.25, 0.3) is 0 Å². The van der Waals surface area contributed by atoms with Gasteiger partial charge in [-0.2, -0.15) is 8.42 Å². The standard InChI is InChI=1S/C8H10O3S.ClH/c9-12(10,11)7-6-8-4-2-1-3-5-8;/h1-5H,6-7H2,(H,9,10,11);1H. The van der Waals surface area contributed by atoms with Crippen LogP contribution < -0.4 is 0 Å². The van der Waals surface area contributed by atoms with E-state index in [2.05, 4.69) is 0 Å². The fraction of sp³-hybridized carbons (Fsp3) is 0.250. The highest BCUT2D eigenvalue weighted by Crippen LogP contribution is 2.00. The van der Waals surface area contributed by atoms with Crippen molar-refractivity contribution in [3.63, 3.8) is 0 Å². The van der Waals surface area contributed by atoms with Gasteiger partial charge in [0.1, 0.15) is 0 Å². The van der Waals surface area contributed by atoms with Gasteiger partial charge in [-0.05, 0) is 12.0 Å². The number of halogens is 1. The van der Waals surface area contributed by atoms with Gasteiger partial charge in [-0.15, -0.1) is 12.4 Å². The third-order valence-corrected chi connectivity index (χ3v) is 2.21. The summed E-state index contributed by atoms with van der Waals surface area (Å²) in [7, 11) is -3.82. The molecule has 0 saturated heterocycles. The summed E-state index contributed by atoms with van der Waals surface area (Å²) in [4.78, 5) is 0. The average Bonchev–Trinajstić information content (AvgIpc) is 2.02. The zero-order valence-corrected chi connectivity index (χ0v) is 8.51. The number of hydrogen-bond acceptors (Lipinski definition) is 2. The Morgan fingerprint density at radius 2 is 1.69 bits per heavy atom. The van der Waals surface area contributed by atoms with Crippen LogP contribution in [0, 0.1) is 0 Å². The molecule has 0 aliphatic carbocycles. The molecular weight excluding hydrogens is 212 g/mol. The van der Waals surface area contributed by atoms with Crippen molar-refractivity contribution in [1.29, 1.82) is 0 Å². The molecule has 5 heteroatoms. The van der Waals surface area contributed by atoms with E-state index in [1.807, 2.05) is 30.3 Å². The highest BCUT2D eigenvalue weighted by atomic mass is 35.5. The topological polar surface area (TPSA) is 54.4 Å². The van der Waals surface area contributed by atoms with E-state index in [1.165, 1.54) is 0 Å². The summed E-state index contributed by atoms with van der Waals surface area (Å²) >= 11 is 0. The summed E-state index contributed by atoms with van der Waals surface area (Å²) in [5.41, 5.74) is 0.912. The molecule has 0 fully saturated rings. The quantitative estimate of drug-likeness (QED) is 0.790. The van der Waals surface area contributed by atoms with Gasteiger partial charge in [-0.25, -0.2) is 0 Å². The lowest BCUT2D eigenvalue weighted by Crippen LogP contribution is -2.06. The molecule has 3 nitrogen and oxygen atoms in total. The Kier molecular flexibility index (Phi) is 4.98. The Labute approximate surface area is 83.9 Å². The summed E-state index contributed by atoms with van der Waals surface area (Å²) in [6.07, 6.45) is 0.361. The molecular formula is C8H11ClO3S. The Morgan fingerprint density at radius 3 is 2.15 bits per heavy atom. The SMILES string of the molecule is Cl.O=S(=O)(O)CCc1ccccc1. The van der Waals surface area contributed by atoms with Crippen molar-refractivity contribution in [2.24, 2.45) is 0 Å². The van der Waals surface area contributed by atoms with Crippen molar-refractivity contribution in [2.45, 2.75) is 6.42 Å². The van der Waals surface area contributed by atoms with Crippen LogP contribution in [0.3, 0.4) is 0 Å². The van der Waals surface area contributed by atoms with Gasteiger partial charge in [-0.3, -0.25) is 4.55 Å². The fourth-order valence-electron chi connectivity index (χ4n) is 0.892. The molecule has 0 heterocycles. The van der Waals surface area contributed by atoms with E-state index < -0.39 is 10.1 Å². The second-order valence-electron chi connectivity index (χ2n) is 2.52. The normalized spacial score (nSPS) is 10.5. The zero-order valence-electron chi connectivity index (χ0n) is 6.88. The maximum absolute atomic E-state index is 10.4. The van der Waals surface area contributed by atoms with Crippen molar-refractivity contribution in [2.75, 3.05) is 5.75 Å². The predicted octanol–water partition coefficient (Wildman–Crippen LogP) is 1.54. The lowest BCUT2D eigenvalue weighted by Gasteiger charge is -1.97. The minimum absolute atomic E-state index is 0. The molecule has 0 aromatic heterocycles. The molecule has 0 spiro atoms. The van der Waals surface area contributed by atoms with Crippen molar-refractivity contribution in [1.82, 2.24) is 0 Å². The molecule has 0 radical (unpaired) electrons. The van der Waals surface area contributed by atoms with Gasteiger partial charge < -0.3 is 0 Å². The smallest absolute Gasteiger partial charge is 0.265 e. The maximum atomic E-state index is 10.4. The van der Waals surface area contributed by atoms with Gasteiger partial charge in [0.05, 0.1) is 5.75 Å². The lowest BCUT2D eigenvalue weighted by molar-refractivity contribution is 0.482. The number of aryl methyl sites for hydroxylation is 1. The van der Waals surface area contributed by atoms with Crippen LogP contribution in [-0.2, 0) is 16.5 Å². The van der Waals surface area contributed by atoms with Crippen LogP contribution in [0.5, 0.6) is 0 Å². The van der Waals surface area contributed by atoms with Crippen LogP contribution in [-0.4, -0.2) is 18.7 Å². The number of rotatable bonds is 3. The largest absolute Gasteiger partial charge is 0.286 e. The first kappa shape index (κ1) is 12.4. The molecule has 1 aromatic rings. The molecule has 74 valence electrons. The Bertz CT molecular complexity index is 334. The zero-order chi connectivity index (χ0) is 9.03. The van der Waals surface area contributed by atoms with Crippen molar-refractivity contribution < 1.29 is 13.0 Å². The first-order valence-corrected chi connectivity index (χ1v) is 5.18. The molecule has 0 saturated carbocycles. The first-order valence-electron chi connectivity index (χ1n) is 3.57. The monoisotopic (exact) mass is 222 g/mol. The number of benzene rings is 1. The predicted molar refractivity (Wildman–Crippen MR) is 53.8 cm³/mol. The summed E-state index contributed by atoms with van der Waals surface area (Å²) in [6, 6.07) is 9.17. The molecule has 13 heavy (non-hydrogen) atoms. The lowest BCUT2D eigenvalue weighted by atomic mass is 10.2. The van der Waals surface area contributed by atoms with Crippen LogP contribution in [0.4, 0.5) is 0 Å². The van der Waals surface area contributed by atoms with E-state index >= 15 is 0 Å². The summed E-state index contributed by atoms with van der Waals surface area (Å²) in [6.45, 7) is 0. The van der Waals surface area contributed by atoms with E-state index in [9.17, 15) is 8.42 Å². The van der Waals surface area contributed by atoms with Crippen LogP contribution in [0.1, 0.15) is 5.56 Å². The van der Waals surface area contributed by atoms with Gasteiger partial charge in [-0.1, -0.05) is 30.3 Å². The van der Waals surface area contributed by atoms with Gasteiger partial charge >= 0.3 is 0 Å². The second kappa shape index (κ2) is 5.21. The third-order valence-electron chi connectivity index (χ3n) is 1.49. The van der Waals surface area contributed by atoms with E-state index in [4.69, 9.17) is 4.55 Å². The van der Waals surface area contributed by atoms with Crippen molar-refractivity contribution >= 4 is 22.5 Å². The fourth-order valence-corrected chi connectivity index (χ4v) is 1.39. The van der Waals surface area contributed by atoms with E-state index in [0.717, 1.165) is 5.56 Å². The molecule has 0 unspecified atom stereocenters. The molecule has 0 atom stereocenters. The molecule has 0 aliphatic rings. The Balaban J connectivity index is 0.00000144. The third kappa shape index (κ3) is 5.63. The first-order chi connectivity index (χ1) is 5.58.